The molecular formula is C17H28N3O4S+. The van der Waals surface area contributed by atoms with Crippen LogP contribution >= 0.6 is 0 Å². The molecule has 140 valence electrons. The third-order valence-corrected chi connectivity index (χ3v) is 6.15. The molecule has 0 atom stereocenters. The molecule has 1 fully saturated rings. The van der Waals surface area contributed by atoms with Crippen LogP contribution in [0, 0.1) is 0 Å². The molecular weight excluding hydrogens is 342 g/mol. The standard InChI is InChI=1S/C17H27N3O4S/c1-3-4-9-19(2)25(22,23)16-7-5-15(6-8-16)18-17(21)14-20-10-12-24-13-11-20/h5-8H,3-4,9-14H2,1-2H3,(H,18,21)/p+1. The Morgan fingerprint density at radius 1 is 1.24 bits per heavy atom. The smallest absolute Gasteiger partial charge is 0.279 e. The molecule has 7 nitrogen and oxygen atoms in total. The Morgan fingerprint density at radius 2 is 1.88 bits per heavy atom. The van der Waals surface area contributed by atoms with Crippen LogP contribution in [0.15, 0.2) is 29.2 Å². The highest BCUT2D eigenvalue weighted by Gasteiger charge is 2.21. The van der Waals surface area contributed by atoms with E-state index in [1.807, 2.05) is 6.92 Å². The van der Waals surface area contributed by atoms with E-state index in [0.717, 1.165) is 25.9 Å². The Morgan fingerprint density at radius 3 is 2.48 bits per heavy atom. The summed E-state index contributed by atoms with van der Waals surface area (Å²) < 4.78 is 31.6. The molecule has 1 aromatic carbocycles. The first-order chi connectivity index (χ1) is 11.9. The minimum atomic E-state index is -3.48. The first-order valence-electron chi connectivity index (χ1n) is 8.71. The van der Waals surface area contributed by atoms with Crippen LogP contribution in [0.3, 0.4) is 0 Å². The van der Waals surface area contributed by atoms with E-state index in [2.05, 4.69) is 5.32 Å². The third kappa shape index (κ3) is 5.78. The predicted molar refractivity (Wildman–Crippen MR) is 96.2 cm³/mol. The Balaban J connectivity index is 1.93. The van der Waals surface area contributed by atoms with Gasteiger partial charge in [-0.15, -0.1) is 0 Å². The molecule has 2 N–H and O–H groups in total. The van der Waals surface area contributed by atoms with Crippen molar-refractivity contribution < 1.29 is 22.8 Å². The van der Waals surface area contributed by atoms with E-state index in [-0.39, 0.29) is 10.8 Å². The van der Waals surface area contributed by atoms with Gasteiger partial charge < -0.3 is 15.0 Å². The van der Waals surface area contributed by atoms with Gasteiger partial charge in [0.25, 0.3) is 5.91 Å². The summed E-state index contributed by atoms with van der Waals surface area (Å²) in [5, 5.41) is 2.82. The first kappa shape index (κ1) is 19.8. The second-order valence-electron chi connectivity index (χ2n) is 6.29. The van der Waals surface area contributed by atoms with Crippen LogP contribution in [0.1, 0.15) is 19.8 Å². The van der Waals surface area contributed by atoms with Gasteiger partial charge in [-0.1, -0.05) is 13.3 Å². The zero-order valence-electron chi connectivity index (χ0n) is 15.0. The zero-order valence-corrected chi connectivity index (χ0v) is 15.8. The summed E-state index contributed by atoms with van der Waals surface area (Å²) in [6.07, 6.45) is 1.77. The Hall–Kier alpha value is -1.48. The minimum Gasteiger partial charge on any atom is -0.370 e. The molecule has 2 rings (SSSR count). The number of unbranched alkanes of at least 4 members (excludes halogenated alkanes) is 1. The highest BCUT2D eigenvalue weighted by atomic mass is 32.2. The van der Waals surface area contributed by atoms with Crippen molar-refractivity contribution in [3.05, 3.63) is 24.3 Å². The molecule has 1 saturated heterocycles. The quantitative estimate of drug-likeness (QED) is 0.673. The van der Waals surface area contributed by atoms with Crippen molar-refractivity contribution in [2.24, 2.45) is 0 Å². The summed E-state index contributed by atoms with van der Waals surface area (Å²) in [7, 11) is -1.89. The molecule has 0 radical (unpaired) electrons. The first-order valence-corrected chi connectivity index (χ1v) is 10.1. The van der Waals surface area contributed by atoms with Crippen molar-refractivity contribution in [2.75, 3.05) is 51.8 Å². The Kier molecular flexibility index (Phi) is 7.37. The van der Waals surface area contributed by atoms with Gasteiger partial charge in [0.1, 0.15) is 13.1 Å². The van der Waals surface area contributed by atoms with Gasteiger partial charge in [-0.3, -0.25) is 4.79 Å². The van der Waals surface area contributed by atoms with Gasteiger partial charge >= 0.3 is 0 Å². The van der Waals surface area contributed by atoms with Crippen molar-refractivity contribution >= 4 is 21.6 Å². The minimum absolute atomic E-state index is 0.0763. The van der Waals surface area contributed by atoms with Crippen molar-refractivity contribution in [3.8, 4) is 0 Å². The van der Waals surface area contributed by atoms with Gasteiger partial charge in [-0.05, 0) is 30.7 Å². The second-order valence-corrected chi connectivity index (χ2v) is 8.34. The lowest BCUT2D eigenvalue weighted by molar-refractivity contribution is -0.899. The number of rotatable bonds is 8. The molecule has 1 aliphatic heterocycles. The molecule has 8 heteroatoms. The van der Waals surface area contributed by atoms with Crippen LogP contribution in [-0.2, 0) is 19.6 Å². The highest BCUT2D eigenvalue weighted by Crippen LogP contribution is 2.17. The summed E-state index contributed by atoms with van der Waals surface area (Å²) in [5.41, 5.74) is 0.604. The maximum Gasteiger partial charge on any atom is 0.279 e. The fourth-order valence-electron chi connectivity index (χ4n) is 2.66. The molecule has 0 aliphatic carbocycles. The predicted octanol–water partition coefficient (Wildman–Crippen LogP) is -0.0392. The maximum atomic E-state index is 12.5. The molecule has 0 spiro atoms. The van der Waals surface area contributed by atoms with E-state index in [9.17, 15) is 13.2 Å². The largest absolute Gasteiger partial charge is 0.370 e. The number of quaternary nitrogens is 1. The van der Waals surface area contributed by atoms with Crippen LogP contribution in [0.25, 0.3) is 0 Å². The summed E-state index contributed by atoms with van der Waals surface area (Å²) in [6.45, 7) is 5.93. The summed E-state index contributed by atoms with van der Waals surface area (Å²) in [4.78, 5) is 13.5. The second kappa shape index (κ2) is 9.28. The molecule has 1 heterocycles. The van der Waals surface area contributed by atoms with Gasteiger partial charge in [0.05, 0.1) is 18.1 Å². The van der Waals surface area contributed by atoms with Crippen molar-refractivity contribution in [1.29, 1.82) is 0 Å². The molecule has 1 aromatic rings. The van der Waals surface area contributed by atoms with Crippen molar-refractivity contribution in [3.63, 3.8) is 0 Å². The number of hydrogen-bond donors (Lipinski definition) is 2. The van der Waals surface area contributed by atoms with E-state index < -0.39 is 10.0 Å². The van der Waals surface area contributed by atoms with Crippen LogP contribution in [0.4, 0.5) is 5.69 Å². The number of carbonyl (C=O) groups is 1. The van der Waals surface area contributed by atoms with Gasteiger partial charge in [0, 0.05) is 19.3 Å². The van der Waals surface area contributed by atoms with E-state index >= 15 is 0 Å². The molecule has 0 bridgehead atoms. The SMILES string of the molecule is CCCCN(C)S(=O)(=O)c1ccc(NC(=O)C[NH+]2CCOCC2)cc1. The number of sulfonamides is 1. The fraction of sp³-hybridized carbons (Fsp3) is 0.588. The number of carbonyl (C=O) groups excluding carboxylic acids is 1. The Labute approximate surface area is 150 Å². The number of nitrogens with one attached hydrogen (secondary N) is 2. The highest BCUT2D eigenvalue weighted by molar-refractivity contribution is 7.89. The number of ether oxygens (including phenoxy) is 1. The van der Waals surface area contributed by atoms with E-state index in [0.29, 0.717) is 32.0 Å². The molecule has 25 heavy (non-hydrogen) atoms. The van der Waals surface area contributed by atoms with Crippen LogP contribution in [0.5, 0.6) is 0 Å². The van der Waals surface area contributed by atoms with Crippen LogP contribution in [0.2, 0.25) is 0 Å². The van der Waals surface area contributed by atoms with Crippen LogP contribution < -0.4 is 10.2 Å². The number of benzene rings is 1. The lowest BCUT2D eigenvalue weighted by Gasteiger charge is -2.23. The normalized spacial score (nSPS) is 16.1. The maximum absolute atomic E-state index is 12.5. The third-order valence-electron chi connectivity index (χ3n) is 4.28. The topological polar surface area (TPSA) is 80.2 Å². The number of morpholine rings is 1. The average Bonchev–Trinajstić information content (AvgIpc) is 2.60. The van der Waals surface area contributed by atoms with Gasteiger partial charge in [-0.25, -0.2) is 12.7 Å². The summed E-state index contributed by atoms with van der Waals surface area (Å²) >= 11 is 0. The van der Waals surface area contributed by atoms with E-state index in [1.54, 1.807) is 19.2 Å². The molecule has 0 unspecified atom stereocenters. The monoisotopic (exact) mass is 370 g/mol. The van der Waals surface area contributed by atoms with Crippen LogP contribution in [-0.4, -0.2) is 65.1 Å². The van der Waals surface area contributed by atoms with Gasteiger partial charge in [0.2, 0.25) is 10.0 Å². The number of anilines is 1. The lowest BCUT2D eigenvalue weighted by Crippen LogP contribution is -3.15. The fourth-order valence-corrected chi connectivity index (χ4v) is 3.87. The number of amides is 1. The Bertz CT molecular complexity index is 655. The van der Waals surface area contributed by atoms with E-state index in [1.165, 1.54) is 21.3 Å². The van der Waals surface area contributed by atoms with Gasteiger partial charge in [-0.2, -0.15) is 0 Å². The molecule has 0 aromatic heterocycles. The molecule has 1 aliphatic rings. The van der Waals surface area contributed by atoms with Crippen molar-refractivity contribution in [1.82, 2.24) is 4.31 Å². The number of hydrogen-bond acceptors (Lipinski definition) is 4. The average molecular weight is 370 g/mol. The number of nitrogens with zero attached hydrogens (tertiary/aromatic N) is 1. The zero-order chi connectivity index (χ0) is 18.3. The van der Waals surface area contributed by atoms with E-state index in [4.69, 9.17) is 4.74 Å². The van der Waals surface area contributed by atoms with Crippen molar-refractivity contribution in [2.45, 2.75) is 24.7 Å². The summed E-state index contributed by atoms with van der Waals surface area (Å²) in [5.74, 6) is -0.0763. The summed E-state index contributed by atoms with van der Waals surface area (Å²) in [6, 6.07) is 6.34. The molecule has 1 amide bonds. The lowest BCUT2D eigenvalue weighted by atomic mass is 10.3. The molecule has 0 saturated carbocycles. The van der Waals surface area contributed by atoms with Gasteiger partial charge in [0.15, 0.2) is 6.54 Å².